The van der Waals surface area contributed by atoms with Gasteiger partial charge in [0.2, 0.25) is 0 Å². The van der Waals surface area contributed by atoms with Gasteiger partial charge in [0.1, 0.15) is 18.9 Å². The number of ether oxygens (including phenoxy) is 1. The Morgan fingerprint density at radius 1 is 1.39 bits per heavy atom. The van der Waals surface area contributed by atoms with Crippen LogP contribution in [0.15, 0.2) is 30.9 Å². The van der Waals surface area contributed by atoms with E-state index in [1.54, 1.807) is 6.08 Å². The monoisotopic (exact) mass is 268 g/mol. The molecular weight excluding hydrogens is 246 g/mol. The van der Waals surface area contributed by atoms with Crippen molar-refractivity contribution in [1.82, 2.24) is 0 Å². The van der Waals surface area contributed by atoms with Crippen LogP contribution in [0, 0.1) is 0 Å². The number of halogens is 1. The summed E-state index contributed by atoms with van der Waals surface area (Å²) in [6.45, 7) is 8.48. The van der Waals surface area contributed by atoms with Crippen LogP contribution in [0.4, 0.5) is 0 Å². The fraction of sp³-hybridized carbons (Fsp3) is 0.467. The maximum atomic E-state index is 6.02. The Balaban J connectivity index is 2.50. The van der Waals surface area contributed by atoms with E-state index in [4.69, 9.17) is 16.3 Å². The van der Waals surface area contributed by atoms with Crippen LogP contribution in [0.1, 0.15) is 31.7 Å². The maximum absolute atomic E-state index is 6.02. The van der Waals surface area contributed by atoms with Gasteiger partial charge in [-0.25, -0.2) is 0 Å². The van der Waals surface area contributed by atoms with Crippen LogP contribution < -0.4 is 10.1 Å². The highest BCUT2D eigenvalue weighted by molar-refractivity contribution is 6.30. The number of quaternary nitrogens is 1. The number of unbranched alkanes of at least 4 members (excludes halogenated alkanes) is 2. The van der Waals surface area contributed by atoms with E-state index in [0.29, 0.717) is 6.61 Å². The molecule has 0 bridgehead atoms. The SMILES string of the molecule is C=CCOc1ccc(Cl)cc1C[NH2+]CCCCC. The number of hydrogen-bond acceptors (Lipinski definition) is 1. The van der Waals surface area contributed by atoms with E-state index in [-0.39, 0.29) is 0 Å². The van der Waals surface area contributed by atoms with Gasteiger partial charge in [0.25, 0.3) is 0 Å². The third-order valence-electron chi connectivity index (χ3n) is 2.76. The van der Waals surface area contributed by atoms with Crippen molar-refractivity contribution in [2.24, 2.45) is 0 Å². The summed E-state index contributed by atoms with van der Waals surface area (Å²) in [5.74, 6) is 0.908. The lowest BCUT2D eigenvalue weighted by atomic mass is 10.2. The normalized spacial score (nSPS) is 10.3. The van der Waals surface area contributed by atoms with E-state index in [1.165, 1.54) is 19.3 Å². The van der Waals surface area contributed by atoms with Crippen molar-refractivity contribution >= 4 is 11.6 Å². The summed E-state index contributed by atoms with van der Waals surface area (Å²) in [7, 11) is 0. The minimum Gasteiger partial charge on any atom is -0.489 e. The van der Waals surface area contributed by atoms with Crippen molar-refractivity contribution < 1.29 is 10.1 Å². The largest absolute Gasteiger partial charge is 0.489 e. The zero-order valence-electron chi connectivity index (χ0n) is 11.1. The molecule has 2 N–H and O–H groups in total. The molecule has 1 aromatic rings. The molecule has 0 aliphatic rings. The molecule has 0 saturated heterocycles. The van der Waals surface area contributed by atoms with E-state index >= 15 is 0 Å². The van der Waals surface area contributed by atoms with Crippen molar-refractivity contribution in [3.8, 4) is 5.75 Å². The summed E-state index contributed by atoms with van der Waals surface area (Å²) in [4.78, 5) is 0. The van der Waals surface area contributed by atoms with Crippen LogP contribution in [0.25, 0.3) is 0 Å². The Bertz CT molecular complexity index is 366. The minimum absolute atomic E-state index is 0.532. The van der Waals surface area contributed by atoms with Crippen LogP contribution >= 0.6 is 11.6 Å². The molecule has 3 heteroatoms. The molecule has 0 saturated carbocycles. The van der Waals surface area contributed by atoms with Gasteiger partial charge in [-0.05, 0) is 31.0 Å². The lowest BCUT2D eigenvalue weighted by Crippen LogP contribution is -2.82. The number of hydrogen-bond donors (Lipinski definition) is 1. The average Bonchev–Trinajstić information content (AvgIpc) is 2.37. The first-order valence-corrected chi connectivity index (χ1v) is 6.99. The van der Waals surface area contributed by atoms with Gasteiger partial charge in [-0.15, -0.1) is 0 Å². The van der Waals surface area contributed by atoms with Gasteiger partial charge >= 0.3 is 0 Å². The highest BCUT2D eigenvalue weighted by Gasteiger charge is 2.06. The Morgan fingerprint density at radius 2 is 2.22 bits per heavy atom. The quantitative estimate of drug-likeness (QED) is 0.540. The lowest BCUT2D eigenvalue weighted by molar-refractivity contribution is -0.671. The molecule has 0 atom stereocenters. The highest BCUT2D eigenvalue weighted by Crippen LogP contribution is 2.22. The first-order valence-electron chi connectivity index (χ1n) is 6.61. The average molecular weight is 269 g/mol. The van der Waals surface area contributed by atoms with Crippen LogP contribution in [-0.2, 0) is 6.54 Å². The maximum Gasteiger partial charge on any atom is 0.128 e. The first kappa shape index (κ1) is 15.1. The Hall–Kier alpha value is -0.990. The van der Waals surface area contributed by atoms with E-state index < -0.39 is 0 Å². The standard InChI is InChI=1S/C15H22ClNO/c1-3-5-6-9-17-12-13-11-14(16)7-8-15(13)18-10-4-2/h4,7-8,11,17H,2-3,5-6,9-10,12H2,1H3/p+1. The number of rotatable bonds is 9. The molecule has 0 aliphatic carbocycles. The topological polar surface area (TPSA) is 25.8 Å². The van der Waals surface area contributed by atoms with Crippen molar-refractivity contribution in [1.29, 1.82) is 0 Å². The highest BCUT2D eigenvalue weighted by atomic mass is 35.5. The molecule has 0 amide bonds. The van der Waals surface area contributed by atoms with Crippen molar-refractivity contribution in [3.63, 3.8) is 0 Å². The van der Waals surface area contributed by atoms with Gasteiger partial charge in [0.05, 0.1) is 6.54 Å². The summed E-state index contributed by atoms with van der Waals surface area (Å²) >= 11 is 6.02. The predicted molar refractivity (Wildman–Crippen MR) is 77.2 cm³/mol. The summed E-state index contributed by atoms with van der Waals surface area (Å²) in [5, 5.41) is 3.07. The lowest BCUT2D eigenvalue weighted by Gasteiger charge is -2.10. The van der Waals surface area contributed by atoms with Gasteiger partial charge < -0.3 is 10.1 Å². The zero-order valence-corrected chi connectivity index (χ0v) is 11.9. The number of nitrogens with two attached hydrogens (primary N) is 1. The van der Waals surface area contributed by atoms with E-state index in [0.717, 1.165) is 29.4 Å². The summed E-state index contributed by atoms with van der Waals surface area (Å²) in [5.41, 5.74) is 1.15. The zero-order chi connectivity index (χ0) is 13.2. The van der Waals surface area contributed by atoms with Gasteiger partial charge in [0, 0.05) is 10.6 Å². The summed E-state index contributed by atoms with van der Waals surface area (Å²) in [6.07, 6.45) is 5.58. The molecule has 0 radical (unpaired) electrons. The molecule has 1 aromatic carbocycles. The first-order chi connectivity index (χ1) is 8.77. The Labute approximate surface area is 115 Å². The van der Waals surface area contributed by atoms with E-state index in [1.807, 2.05) is 18.2 Å². The third kappa shape index (κ3) is 5.56. The minimum atomic E-state index is 0.532. The predicted octanol–water partition coefficient (Wildman–Crippen LogP) is 3.16. The molecule has 2 nitrogen and oxygen atoms in total. The van der Waals surface area contributed by atoms with Crippen LogP contribution in [0.2, 0.25) is 5.02 Å². The van der Waals surface area contributed by atoms with Crippen molar-refractivity contribution in [3.05, 3.63) is 41.4 Å². The molecule has 0 spiro atoms. The van der Waals surface area contributed by atoms with Crippen molar-refractivity contribution in [2.75, 3.05) is 13.2 Å². The summed E-state index contributed by atoms with van der Waals surface area (Å²) < 4.78 is 5.62. The second kappa shape index (κ2) is 9.01. The molecule has 0 aliphatic heterocycles. The molecule has 100 valence electrons. The Kier molecular flexibility index (Phi) is 7.54. The van der Waals surface area contributed by atoms with Gasteiger partial charge in [-0.2, -0.15) is 0 Å². The molecule has 0 fully saturated rings. The van der Waals surface area contributed by atoms with Gasteiger partial charge in [0.15, 0.2) is 0 Å². The molecule has 0 aromatic heterocycles. The van der Waals surface area contributed by atoms with Crippen molar-refractivity contribution in [2.45, 2.75) is 32.7 Å². The Morgan fingerprint density at radius 3 is 2.94 bits per heavy atom. The number of benzene rings is 1. The second-order valence-electron chi connectivity index (χ2n) is 4.34. The van der Waals surface area contributed by atoms with Crippen LogP contribution in [0.3, 0.4) is 0 Å². The fourth-order valence-electron chi connectivity index (χ4n) is 1.79. The third-order valence-corrected chi connectivity index (χ3v) is 2.99. The van der Waals surface area contributed by atoms with Gasteiger partial charge in [-0.1, -0.05) is 37.6 Å². The van der Waals surface area contributed by atoms with Crippen LogP contribution in [-0.4, -0.2) is 13.2 Å². The van der Waals surface area contributed by atoms with E-state index in [2.05, 4.69) is 18.8 Å². The smallest absolute Gasteiger partial charge is 0.128 e. The molecular formula is C15H23ClNO+. The summed E-state index contributed by atoms with van der Waals surface area (Å²) in [6, 6.07) is 5.78. The second-order valence-corrected chi connectivity index (χ2v) is 4.78. The molecule has 18 heavy (non-hydrogen) atoms. The van der Waals surface area contributed by atoms with Crippen LogP contribution in [0.5, 0.6) is 5.75 Å². The fourth-order valence-corrected chi connectivity index (χ4v) is 1.99. The molecule has 1 rings (SSSR count). The van der Waals surface area contributed by atoms with E-state index in [9.17, 15) is 0 Å². The molecule has 0 heterocycles. The van der Waals surface area contributed by atoms with Gasteiger partial charge in [-0.3, -0.25) is 0 Å². The molecule has 0 unspecified atom stereocenters.